The molecule has 21 heteroatoms. The summed E-state index contributed by atoms with van der Waals surface area (Å²) in [4.78, 5) is 43.1. The number of carbonyl (C=O) groups is 1. The zero-order valence-corrected chi connectivity index (χ0v) is 44.3. The molecule has 1 amide bonds. The average Bonchev–Trinajstić information content (AvgIpc) is 3.77. The van der Waals surface area contributed by atoms with Gasteiger partial charge in [-0.3, -0.25) is 24.7 Å². The fourth-order valence-corrected chi connectivity index (χ4v) is 12.9. The fraction of sp³-hybridized carbons (Fsp3) is 0.446. The normalized spacial score (nSPS) is 21.3. The molecule has 2 aliphatic heterocycles. The Balaban J connectivity index is 0.839. The molecule has 5 heterocycles. The third-order valence-corrected chi connectivity index (χ3v) is 17.7. The number of anilines is 2. The summed E-state index contributed by atoms with van der Waals surface area (Å²) in [5.74, 6) is -3.12. The Kier molecular flexibility index (Phi) is 15.0. The number of aromatic nitrogens is 3. The third-order valence-electron chi connectivity index (χ3n) is 16.4. The molecule has 3 aromatic carbocycles. The highest BCUT2D eigenvalue weighted by Crippen LogP contribution is 2.53. The van der Waals surface area contributed by atoms with Crippen LogP contribution in [-0.4, -0.2) is 107 Å². The van der Waals surface area contributed by atoms with Gasteiger partial charge in [-0.15, -0.1) is 0 Å². The maximum atomic E-state index is 14.8. The van der Waals surface area contributed by atoms with Gasteiger partial charge in [-0.2, -0.15) is 0 Å². The van der Waals surface area contributed by atoms with E-state index in [2.05, 4.69) is 73.1 Å². The van der Waals surface area contributed by atoms with E-state index in [9.17, 15) is 41.6 Å². The van der Waals surface area contributed by atoms with Crippen molar-refractivity contribution in [1.82, 2.24) is 29.5 Å². The van der Waals surface area contributed by atoms with Crippen LogP contribution in [0.4, 0.5) is 30.4 Å². The van der Waals surface area contributed by atoms with E-state index in [0.717, 1.165) is 57.2 Å². The standard InChI is InChI=1S/C56H64F3N9O8S/c1-34(2)41-7-5-6-8-42(41)49-33-65(32-36-21-45(57)51(75-4)46(58)22-36)19-20-67(49)38-26-56(27-38)15-17-66(18-16-56)37-9-10-43(50(23-37)76-39-24-44-47(59)31-63-52(44)61-29-39)54(69)64-77(73,74)40-25-48(68(71)72)53(62-30-40)60-28-35-11-13-55(3,70)14-12-35/h5-10,21-25,29-31,34-35,38,49,70H,11-20,26-28,32-33H2,1-4H3,(H,60,62)(H,61,63)(H,64,69)/t35?,49-,55?/m0/s1. The van der Waals surface area contributed by atoms with Crippen LogP contribution >= 0.6 is 0 Å². The molecule has 0 radical (unpaired) electrons. The molecule has 2 saturated carbocycles. The van der Waals surface area contributed by atoms with Crippen LogP contribution in [0.5, 0.6) is 17.2 Å². The van der Waals surface area contributed by atoms with Crippen molar-refractivity contribution in [2.75, 3.05) is 56.6 Å². The lowest BCUT2D eigenvalue weighted by Gasteiger charge is -2.58. The molecule has 1 spiro atoms. The average molecular weight is 1080 g/mol. The molecule has 4 aliphatic rings. The molecule has 17 nitrogen and oxygen atoms in total. The second-order valence-electron chi connectivity index (χ2n) is 22.0. The summed E-state index contributed by atoms with van der Waals surface area (Å²) in [6.07, 6.45) is 9.84. The van der Waals surface area contributed by atoms with Gasteiger partial charge in [0.05, 0.1) is 41.0 Å². The highest BCUT2D eigenvalue weighted by atomic mass is 32.2. The van der Waals surface area contributed by atoms with Crippen molar-refractivity contribution in [1.29, 1.82) is 0 Å². The largest absolute Gasteiger partial charge is 0.491 e. The van der Waals surface area contributed by atoms with Crippen molar-refractivity contribution >= 4 is 44.2 Å². The van der Waals surface area contributed by atoms with Gasteiger partial charge in [0.1, 0.15) is 27.9 Å². The molecule has 4 fully saturated rings. The number of piperazine rings is 1. The number of nitrogens with zero attached hydrogens (tertiary/aromatic N) is 6. The Labute approximate surface area is 445 Å². The molecule has 3 aromatic heterocycles. The molecule has 6 aromatic rings. The SMILES string of the molecule is COc1c(F)cc(CN2CCN(C3CC4(CCN(c5ccc(C(=O)NS(=O)(=O)c6cnc(NCC7CCC(C)(O)CC7)c([N+](=O)[O-])c6)c(Oc6cnc7[nH]cc(F)c7c6)c5)CC4)C3)[C@H](c3ccccc3C(C)C)C2)cc1F. The molecule has 1 atom stereocenters. The number of benzene rings is 3. The number of piperidine rings is 1. The van der Waals surface area contributed by atoms with E-state index in [4.69, 9.17) is 9.47 Å². The van der Waals surface area contributed by atoms with Gasteiger partial charge in [-0.25, -0.2) is 36.3 Å². The van der Waals surface area contributed by atoms with E-state index < -0.39 is 54.5 Å². The number of aromatic amines is 1. The minimum absolute atomic E-state index is 0.0294. The summed E-state index contributed by atoms with van der Waals surface area (Å²) in [6.45, 7) is 10.5. The Morgan fingerprint density at radius 1 is 0.948 bits per heavy atom. The van der Waals surface area contributed by atoms with Crippen LogP contribution in [0.3, 0.4) is 0 Å². The number of aliphatic hydroxyl groups is 1. The number of hydrogen-bond acceptors (Lipinski definition) is 14. The summed E-state index contributed by atoms with van der Waals surface area (Å²) in [5.41, 5.74) is 2.67. The van der Waals surface area contributed by atoms with Crippen molar-refractivity contribution in [3.05, 3.63) is 135 Å². The fourth-order valence-electron chi connectivity index (χ4n) is 12.0. The number of carbonyl (C=O) groups excluding carboxylic acids is 1. The Hall–Kier alpha value is -6.81. The first-order valence-electron chi connectivity index (χ1n) is 26.2. The van der Waals surface area contributed by atoms with Crippen LogP contribution < -0.4 is 24.4 Å². The minimum atomic E-state index is -4.73. The predicted octanol–water partition coefficient (Wildman–Crippen LogP) is 9.99. The zero-order valence-electron chi connectivity index (χ0n) is 43.5. The van der Waals surface area contributed by atoms with Crippen LogP contribution in [0.15, 0.2) is 90.2 Å². The number of H-pyrrole nitrogens is 1. The van der Waals surface area contributed by atoms with E-state index in [1.165, 1.54) is 48.7 Å². The van der Waals surface area contributed by atoms with Gasteiger partial charge in [0.25, 0.3) is 15.9 Å². The van der Waals surface area contributed by atoms with Gasteiger partial charge in [-0.1, -0.05) is 38.1 Å². The number of nitrogens with one attached hydrogen (secondary N) is 3. The highest BCUT2D eigenvalue weighted by molar-refractivity contribution is 7.90. The number of amides is 1. The minimum Gasteiger partial charge on any atom is -0.491 e. The van der Waals surface area contributed by atoms with Crippen LogP contribution in [-0.2, 0) is 16.6 Å². The van der Waals surface area contributed by atoms with E-state index in [0.29, 0.717) is 81.6 Å². The van der Waals surface area contributed by atoms with E-state index in [-0.39, 0.29) is 57.0 Å². The molecule has 0 bridgehead atoms. The number of sulfonamides is 1. The molecular formula is C56H64F3N9O8S. The van der Waals surface area contributed by atoms with Crippen LogP contribution in [0.1, 0.15) is 111 Å². The van der Waals surface area contributed by atoms with Crippen molar-refractivity contribution in [2.24, 2.45) is 11.3 Å². The summed E-state index contributed by atoms with van der Waals surface area (Å²) in [6, 6.07) is 18.8. The topological polar surface area (TPSA) is 208 Å². The highest BCUT2D eigenvalue weighted by Gasteiger charge is 2.50. The summed E-state index contributed by atoms with van der Waals surface area (Å²) >= 11 is 0. The number of ether oxygens (including phenoxy) is 2. The lowest BCUT2D eigenvalue weighted by Crippen LogP contribution is -2.60. The number of rotatable bonds is 16. The smallest absolute Gasteiger partial charge is 0.312 e. The van der Waals surface area contributed by atoms with Gasteiger partial charge in [-0.05, 0) is 123 Å². The number of pyridine rings is 2. The van der Waals surface area contributed by atoms with Crippen LogP contribution in [0, 0.1) is 38.9 Å². The van der Waals surface area contributed by atoms with Gasteiger partial charge < -0.3 is 29.8 Å². The molecule has 2 saturated heterocycles. The monoisotopic (exact) mass is 1080 g/mol. The van der Waals surface area contributed by atoms with Crippen molar-refractivity contribution < 1.29 is 45.9 Å². The number of methoxy groups -OCH3 is 1. The van der Waals surface area contributed by atoms with E-state index >= 15 is 0 Å². The number of halogens is 3. The maximum Gasteiger partial charge on any atom is 0.312 e. The third kappa shape index (κ3) is 11.4. The molecule has 408 valence electrons. The van der Waals surface area contributed by atoms with Gasteiger partial charge in [0, 0.05) is 81.9 Å². The number of fused-ring (bicyclic) bond motifs is 1. The summed E-state index contributed by atoms with van der Waals surface area (Å²) in [5, 5.41) is 25.6. The zero-order chi connectivity index (χ0) is 54.4. The van der Waals surface area contributed by atoms with Crippen molar-refractivity contribution in [3.8, 4) is 17.2 Å². The Morgan fingerprint density at radius 2 is 1.68 bits per heavy atom. The quantitative estimate of drug-likeness (QED) is 0.0526. The first kappa shape index (κ1) is 53.6. The van der Waals surface area contributed by atoms with Crippen molar-refractivity contribution in [3.63, 3.8) is 0 Å². The molecule has 10 rings (SSSR count). The summed E-state index contributed by atoms with van der Waals surface area (Å²) in [7, 11) is -3.48. The number of nitro groups is 1. The van der Waals surface area contributed by atoms with Gasteiger partial charge in [0.15, 0.2) is 17.4 Å². The lowest BCUT2D eigenvalue weighted by atomic mass is 9.59. The lowest BCUT2D eigenvalue weighted by molar-refractivity contribution is -0.384. The van der Waals surface area contributed by atoms with Crippen LogP contribution in [0.2, 0.25) is 0 Å². The van der Waals surface area contributed by atoms with Gasteiger partial charge in [0.2, 0.25) is 5.82 Å². The first-order chi connectivity index (χ1) is 36.8. The van der Waals surface area contributed by atoms with Crippen LogP contribution in [0.25, 0.3) is 11.0 Å². The first-order valence-corrected chi connectivity index (χ1v) is 27.7. The summed E-state index contributed by atoms with van der Waals surface area (Å²) < 4.78 is 85.1. The van der Waals surface area contributed by atoms with E-state index in [1.807, 2.05) is 4.72 Å². The predicted molar refractivity (Wildman–Crippen MR) is 284 cm³/mol. The van der Waals surface area contributed by atoms with Crippen molar-refractivity contribution in [2.45, 2.75) is 107 Å². The molecule has 0 unspecified atom stereocenters. The molecular weight excluding hydrogens is 1020 g/mol. The second kappa shape index (κ2) is 21.5. The molecule has 77 heavy (non-hydrogen) atoms. The number of hydrogen-bond donors (Lipinski definition) is 4. The Bertz CT molecular complexity index is 3270. The van der Waals surface area contributed by atoms with E-state index in [1.54, 1.807) is 19.1 Å². The maximum absolute atomic E-state index is 14.8. The molecule has 2 aliphatic carbocycles. The Morgan fingerprint density at radius 3 is 2.38 bits per heavy atom. The second-order valence-corrected chi connectivity index (χ2v) is 23.6. The van der Waals surface area contributed by atoms with Gasteiger partial charge >= 0.3 is 5.69 Å². The molecule has 4 N–H and O–H groups in total.